The molecule has 1 amide bonds. The Morgan fingerprint density at radius 2 is 2.20 bits per heavy atom. The summed E-state index contributed by atoms with van der Waals surface area (Å²) in [6.45, 7) is 2.10. The summed E-state index contributed by atoms with van der Waals surface area (Å²) in [7, 11) is 0. The number of aliphatic hydroxyl groups excluding tert-OH is 1. The zero-order valence-electron chi connectivity index (χ0n) is 14.2. The van der Waals surface area contributed by atoms with E-state index in [0.29, 0.717) is 19.4 Å². The summed E-state index contributed by atoms with van der Waals surface area (Å²) < 4.78 is 0. The van der Waals surface area contributed by atoms with Crippen LogP contribution in [0.1, 0.15) is 24.1 Å². The third kappa shape index (κ3) is 5.34. The van der Waals surface area contributed by atoms with Crippen molar-refractivity contribution in [2.24, 2.45) is 0 Å². The van der Waals surface area contributed by atoms with Gasteiger partial charge in [0, 0.05) is 44.6 Å². The Morgan fingerprint density at radius 1 is 1.28 bits per heavy atom. The number of carbonyl (C=O) groups excluding carboxylic acids is 1. The molecule has 0 saturated carbocycles. The van der Waals surface area contributed by atoms with Crippen LogP contribution in [0.3, 0.4) is 0 Å². The normalized spacial score (nSPS) is 21.0. The number of amides is 1. The minimum absolute atomic E-state index is 0.0221. The lowest BCUT2D eigenvalue weighted by molar-refractivity contribution is -0.123. The zero-order chi connectivity index (χ0) is 17.5. The van der Waals surface area contributed by atoms with Gasteiger partial charge in [0.1, 0.15) is 0 Å². The lowest BCUT2D eigenvalue weighted by Crippen LogP contribution is -2.53. The van der Waals surface area contributed by atoms with Crippen LogP contribution in [0.25, 0.3) is 0 Å². The van der Waals surface area contributed by atoms with Gasteiger partial charge in [-0.25, -0.2) is 0 Å². The number of aliphatic hydroxyl groups is 1. The summed E-state index contributed by atoms with van der Waals surface area (Å²) in [6, 6.07) is 9.50. The Morgan fingerprint density at radius 3 is 2.92 bits per heavy atom. The predicted molar refractivity (Wildman–Crippen MR) is 94.6 cm³/mol. The third-order valence-corrected chi connectivity index (χ3v) is 4.49. The molecule has 1 saturated heterocycles. The summed E-state index contributed by atoms with van der Waals surface area (Å²) in [5.41, 5.74) is 2.04. The van der Waals surface area contributed by atoms with Gasteiger partial charge < -0.3 is 10.4 Å². The van der Waals surface area contributed by atoms with Crippen LogP contribution >= 0.6 is 0 Å². The molecule has 2 aromatic heterocycles. The fourth-order valence-electron chi connectivity index (χ4n) is 3.11. The molecule has 0 unspecified atom stereocenters. The number of likely N-dealkylation sites (tertiary alicyclic amines) is 1. The molecule has 2 N–H and O–H groups in total. The first-order valence-electron chi connectivity index (χ1n) is 8.69. The molecule has 3 rings (SSSR count). The van der Waals surface area contributed by atoms with E-state index in [-0.39, 0.29) is 11.9 Å². The average molecular weight is 340 g/mol. The monoisotopic (exact) mass is 340 g/mol. The molecule has 0 bridgehead atoms. The van der Waals surface area contributed by atoms with Gasteiger partial charge in [-0.3, -0.25) is 19.7 Å². The van der Waals surface area contributed by atoms with Gasteiger partial charge in [0.2, 0.25) is 5.91 Å². The first kappa shape index (κ1) is 17.5. The van der Waals surface area contributed by atoms with E-state index in [0.717, 1.165) is 30.8 Å². The Labute approximate surface area is 147 Å². The maximum atomic E-state index is 12.1. The van der Waals surface area contributed by atoms with Crippen LogP contribution in [0, 0.1) is 0 Å². The van der Waals surface area contributed by atoms with E-state index in [1.807, 2.05) is 30.3 Å². The van der Waals surface area contributed by atoms with E-state index < -0.39 is 6.10 Å². The average Bonchev–Trinajstić information content (AvgIpc) is 2.64. The SMILES string of the molecule is O=C(CCc1cccnc1)N[C@@H]1CCN(Cc2ccccn2)C[C@H]1O. The number of piperidine rings is 1. The smallest absolute Gasteiger partial charge is 0.220 e. The van der Waals surface area contributed by atoms with Crippen molar-refractivity contribution in [1.29, 1.82) is 0 Å². The molecule has 3 heterocycles. The van der Waals surface area contributed by atoms with Crippen LogP contribution in [-0.2, 0) is 17.8 Å². The zero-order valence-corrected chi connectivity index (χ0v) is 14.2. The van der Waals surface area contributed by atoms with Crippen molar-refractivity contribution >= 4 is 5.91 Å². The molecule has 0 spiro atoms. The number of nitrogens with one attached hydrogen (secondary N) is 1. The second kappa shape index (κ2) is 8.69. The lowest BCUT2D eigenvalue weighted by Gasteiger charge is -2.36. The summed E-state index contributed by atoms with van der Waals surface area (Å²) in [5.74, 6) is -0.0221. The molecule has 1 fully saturated rings. The summed E-state index contributed by atoms with van der Waals surface area (Å²) in [6.07, 6.45) is 6.53. The van der Waals surface area contributed by atoms with Crippen LogP contribution in [0.15, 0.2) is 48.9 Å². The number of carbonyl (C=O) groups is 1. The minimum atomic E-state index is -0.556. The quantitative estimate of drug-likeness (QED) is 0.825. The number of hydrogen-bond acceptors (Lipinski definition) is 5. The number of hydrogen-bond donors (Lipinski definition) is 2. The molecule has 132 valence electrons. The Balaban J connectivity index is 1.43. The maximum Gasteiger partial charge on any atom is 0.220 e. The van der Waals surface area contributed by atoms with Gasteiger partial charge >= 0.3 is 0 Å². The number of aryl methyl sites for hydroxylation is 1. The fourth-order valence-corrected chi connectivity index (χ4v) is 3.11. The molecule has 1 aliphatic heterocycles. The Hall–Kier alpha value is -2.31. The minimum Gasteiger partial charge on any atom is -0.390 e. The van der Waals surface area contributed by atoms with E-state index in [1.165, 1.54) is 0 Å². The number of rotatable bonds is 6. The fraction of sp³-hybridized carbons (Fsp3) is 0.421. The third-order valence-electron chi connectivity index (χ3n) is 4.49. The van der Waals surface area contributed by atoms with Crippen molar-refractivity contribution in [1.82, 2.24) is 20.2 Å². The molecule has 0 radical (unpaired) electrons. The standard InChI is InChI=1S/C19H24N4O2/c24-18-14-23(13-16-5-1-2-10-21-16)11-8-17(18)22-19(25)7-6-15-4-3-9-20-12-15/h1-5,9-10,12,17-18,24H,6-8,11,13-14H2,(H,22,25)/t17-,18-/m1/s1. The summed E-state index contributed by atoms with van der Waals surface area (Å²) >= 11 is 0. The van der Waals surface area contributed by atoms with Crippen LogP contribution < -0.4 is 5.32 Å². The van der Waals surface area contributed by atoms with Crippen LogP contribution in [-0.4, -0.2) is 51.1 Å². The van der Waals surface area contributed by atoms with Gasteiger partial charge in [-0.05, 0) is 36.6 Å². The van der Waals surface area contributed by atoms with Crippen LogP contribution in [0.2, 0.25) is 0 Å². The van der Waals surface area contributed by atoms with Crippen molar-refractivity contribution < 1.29 is 9.90 Å². The highest BCUT2D eigenvalue weighted by Crippen LogP contribution is 2.14. The summed E-state index contributed by atoms with van der Waals surface area (Å²) in [5, 5.41) is 13.3. The second-order valence-electron chi connectivity index (χ2n) is 6.45. The predicted octanol–water partition coefficient (Wildman–Crippen LogP) is 1.16. The Kier molecular flexibility index (Phi) is 6.09. The van der Waals surface area contributed by atoms with Crippen LogP contribution in [0.5, 0.6) is 0 Å². The largest absolute Gasteiger partial charge is 0.390 e. The number of nitrogens with zero attached hydrogens (tertiary/aromatic N) is 3. The van der Waals surface area contributed by atoms with Gasteiger partial charge in [0.05, 0.1) is 17.8 Å². The molecular formula is C19H24N4O2. The first-order chi connectivity index (χ1) is 12.2. The van der Waals surface area contributed by atoms with E-state index in [9.17, 15) is 9.90 Å². The lowest BCUT2D eigenvalue weighted by atomic mass is 10.0. The van der Waals surface area contributed by atoms with E-state index in [4.69, 9.17) is 0 Å². The van der Waals surface area contributed by atoms with Crippen molar-refractivity contribution in [2.45, 2.75) is 38.0 Å². The molecule has 2 aromatic rings. The highest BCUT2D eigenvalue weighted by molar-refractivity contribution is 5.76. The maximum absolute atomic E-state index is 12.1. The highest BCUT2D eigenvalue weighted by atomic mass is 16.3. The molecule has 6 nitrogen and oxygen atoms in total. The molecular weight excluding hydrogens is 316 g/mol. The highest BCUT2D eigenvalue weighted by Gasteiger charge is 2.28. The van der Waals surface area contributed by atoms with Crippen molar-refractivity contribution in [2.75, 3.05) is 13.1 Å². The van der Waals surface area contributed by atoms with Gasteiger partial charge in [-0.2, -0.15) is 0 Å². The summed E-state index contributed by atoms with van der Waals surface area (Å²) in [4.78, 5) is 22.7. The second-order valence-corrected chi connectivity index (χ2v) is 6.45. The van der Waals surface area contributed by atoms with Gasteiger partial charge in [0.15, 0.2) is 0 Å². The van der Waals surface area contributed by atoms with Gasteiger partial charge in [-0.15, -0.1) is 0 Å². The number of pyridine rings is 2. The first-order valence-corrected chi connectivity index (χ1v) is 8.69. The van der Waals surface area contributed by atoms with Crippen molar-refractivity contribution in [3.8, 4) is 0 Å². The topological polar surface area (TPSA) is 78.4 Å². The van der Waals surface area contributed by atoms with Gasteiger partial charge in [0.25, 0.3) is 0 Å². The van der Waals surface area contributed by atoms with Crippen molar-refractivity contribution in [3.63, 3.8) is 0 Å². The number of aromatic nitrogens is 2. The van der Waals surface area contributed by atoms with E-state index >= 15 is 0 Å². The number of β-amino-alcohol motifs (C(OH)–C–C–N with tert-alkyl or cyclic N) is 1. The molecule has 2 atom stereocenters. The van der Waals surface area contributed by atoms with Crippen molar-refractivity contribution in [3.05, 3.63) is 60.2 Å². The molecule has 25 heavy (non-hydrogen) atoms. The molecule has 1 aliphatic rings. The molecule has 0 aliphatic carbocycles. The molecule has 0 aromatic carbocycles. The van der Waals surface area contributed by atoms with Crippen LogP contribution in [0.4, 0.5) is 0 Å². The van der Waals surface area contributed by atoms with E-state index in [1.54, 1.807) is 18.6 Å². The Bertz CT molecular complexity index is 666. The van der Waals surface area contributed by atoms with Gasteiger partial charge in [-0.1, -0.05) is 12.1 Å². The molecule has 6 heteroatoms. The van der Waals surface area contributed by atoms with E-state index in [2.05, 4.69) is 20.2 Å².